The lowest BCUT2D eigenvalue weighted by molar-refractivity contribution is -0.139. The van der Waals surface area contributed by atoms with Crippen LogP contribution in [0.25, 0.3) is 0 Å². The van der Waals surface area contributed by atoms with Gasteiger partial charge in [-0.05, 0) is 37.8 Å². The second-order valence-corrected chi connectivity index (χ2v) is 6.00. The number of nitrogens with zero attached hydrogens (tertiary/aromatic N) is 2. The monoisotopic (exact) mass is 350 g/mol. The van der Waals surface area contributed by atoms with Crippen molar-refractivity contribution in [1.29, 1.82) is 0 Å². The van der Waals surface area contributed by atoms with Crippen molar-refractivity contribution in [2.75, 3.05) is 27.0 Å². The highest BCUT2D eigenvalue weighted by Crippen LogP contribution is 2.38. The number of carbonyl (C=O) groups is 1. The Bertz CT molecular complexity index is 700. The van der Waals surface area contributed by atoms with Gasteiger partial charge in [0.2, 0.25) is 0 Å². The lowest BCUT2D eigenvalue weighted by atomic mass is 9.96. The second kappa shape index (κ2) is 7.61. The zero-order chi connectivity index (χ0) is 17.9. The van der Waals surface area contributed by atoms with Crippen LogP contribution in [0, 0.1) is 0 Å². The van der Waals surface area contributed by atoms with Gasteiger partial charge in [0.15, 0.2) is 16.7 Å². The van der Waals surface area contributed by atoms with Crippen LogP contribution in [0.4, 0.5) is 0 Å². The molecule has 7 heteroatoms. The second-order valence-electron chi connectivity index (χ2n) is 5.23. The minimum absolute atomic E-state index is 0.0432. The van der Waals surface area contributed by atoms with E-state index in [-0.39, 0.29) is 11.7 Å². The minimum atomic E-state index is -0.503. The van der Waals surface area contributed by atoms with Gasteiger partial charge in [-0.3, -0.25) is 0 Å². The van der Waals surface area contributed by atoms with Crippen LogP contribution in [0.15, 0.2) is 34.5 Å². The topological polar surface area (TPSA) is 71.4 Å². The number of aromatic hydroxyl groups is 1. The van der Waals surface area contributed by atoms with Crippen LogP contribution in [0.1, 0.15) is 25.5 Å². The number of rotatable bonds is 4. The highest BCUT2D eigenvalue weighted by atomic mass is 32.2. The fourth-order valence-electron chi connectivity index (χ4n) is 2.55. The molecule has 0 saturated heterocycles. The van der Waals surface area contributed by atoms with E-state index in [9.17, 15) is 9.90 Å². The molecule has 1 atom stereocenters. The molecule has 0 radical (unpaired) electrons. The van der Waals surface area contributed by atoms with Crippen LogP contribution in [-0.2, 0) is 9.53 Å². The number of hydrogen-bond acceptors (Lipinski definition) is 7. The van der Waals surface area contributed by atoms with Crippen LogP contribution in [0.2, 0.25) is 0 Å². The van der Waals surface area contributed by atoms with E-state index >= 15 is 0 Å². The quantitative estimate of drug-likeness (QED) is 0.842. The summed E-state index contributed by atoms with van der Waals surface area (Å²) < 4.78 is 10.4. The molecule has 2 rings (SSSR count). The molecule has 6 nitrogen and oxygen atoms in total. The Morgan fingerprint density at radius 3 is 2.75 bits per heavy atom. The third kappa shape index (κ3) is 3.36. The van der Waals surface area contributed by atoms with Gasteiger partial charge in [-0.25, -0.2) is 9.79 Å². The molecule has 1 heterocycles. The van der Waals surface area contributed by atoms with E-state index < -0.39 is 6.04 Å². The fourth-order valence-corrected chi connectivity index (χ4v) is 3.17. The predicted molar refractivity (Wildman–Crippen MR) is 95.4 cm³/mol. The van der Waals surface area contributed by atoms with Crippen LogP contribution < -0.4 is 4.74 Å². The SMILES string of the molecule is CCOC(=O)C1=C(C)N(C)C(SC)=N[C@H]1c1ccc(O)c(OC)c1. The van der Waals surface area contributed by atoms with E-state index in [0.29, 0.717) is 17.9 Å². The summed E-state index contributed by atoms with van der Waals surface area (Å²) in [6.45, 7) is 3.95. The van der Waals surface area contributed by atoms with Crippen molar-refractivity contribution in [1.82, 2.24) is 4.90 Å². The molecule has 1 aliphatic rings. The Morgan fingerprint density at radius 2 is 2.17 bits per heavy atom. The molecule has 0 spiro atoms. The molecule has 0 unspecified atom stereocenters. The molecule has 0 saturated carbocycles. The molecule has 1 aromatic rings. The average Bonchev–Trinajstić information content (AvgIpc) is 2.57. The lowest BCUT2D eigenvalue weighted by Gasteiger charge is -2.31. The Balaban J connectivity index is 2.57. The number of phenolic OH excluding ortho intramolecular Hbond substituents is 1. The number of allylic oxidation sites excluding steroid dienone is 1. The molecule has 0 aromatic heterocycles. The zero-order valence-electron chi connectivity index (χ0n) is 14.5. The molecule has 0 amide bonds. The number of methoxy groups -OCH3 is 1. The van der Waals surface area contributed by atoms with Gasteiger partial charge in [0, 0.05) is 12.7 Å². The van der Waals surface area contributed by atoms with E-state index in [1.165, 1.54) is 18.9 Å². The molecular formula is C17H22N2O4S. The summed E-state index contributed by atoms with van der Waals surface area (Å²) in [5.41, 5.74) is 2.04. The first kappa shape index (κ1) is 18.2. The summed E-state index contributed by atoms with van der Waals surface area (Å²) in [5.74, 6) is -0.00220. The molecule has 1 aliphatic heterocycles. The van der Waals surface area contributed by atoms with E-state index in [0.717, 1.165) is 16.4 Å². The van der Waals surface area contributed by atoms with Crippen molar-refractivity contribution in [2.45, 2.75) is 19.9 Å². The van der Waals surface area contributed by atoms with Crippen molar-refractivity contribution in [3.63, 3.8) is 0 Å². The molecule has 24 heavy (non-hydrogen) atoms. The van der Waals surface area contributed by atoms with Gasteiger partial charge in [-0.1, -0.05) is 17.8 Å². The Kier molecular flexibility index (Phi) is 5.77. The van der Waals surface area contributed by atoms with E-state index in [2.05, 4.69) is 0 Å². The first-order valence-electron chi connectivity index (χ1n) is 7.54. The highest BCUT2D eigenvalue weighted by molar-refractivity contribution is 8.13. The number of phenols is 1. The Labute approximate surface area is 146 Å². The van der Waals surface area contributed by atoms with Gasteiger partial charge in [0.05, 0.1) is 19.3 Å². The number of ether oxygens (including phenoxy) is 2. The third-order valence-corrected chi connectivity index (χ3v) is 4.63. The number of hydrogen-bond donors (Lipinski definition) is 1. The van der Waals surface area contributed by atoms with E-state index in [4.69, 9.17) is 14.5 Å². The minimum Gasteiger partial charge on any atom is -0.504 e. The van der Waals surface area contributed by atoms with Crippen molar-refractivity contribution in [3.05, 3.63) is 35.0 Å². The lowest BCUT2D eigenvalue weighted by Crippen LogP contribution is -2.32. The number of benzene rings is 1. The van der Waals surface area contributed by atoms with E-state index in [1.54, 1.807) is 25.1 Å². The molecule has 0 fully saturated rings. The Morgan fingerprint density at radius 1 is 1.46 bits per heavy atom. The first-order valence-corrected chi connectivity index (χ1v) is 8.77. The van der Waals surface area contributed by atoms with Crippen molar-refractivity contribution >= 4 is 22.9 Å². The van der Waals surface area contributed by atoms with E-state index in [1.807, 2.05) is 25.1 Å². The van der Waals surface area contributed by atoms with Crippen molar-refractivity contribution in [3.8, 4) is 11.5 Å². The number of thioether (sulfide) groups is 1. The Hall–Kier alpha value is -2.15. The van der Waals surface area contributed by atoms with Crippen LogP contribution in [0.3, 0.4) is 0 Å². The molecule has 1 aromatic carbocycles. The molecule has 1 N–H and O–H groups in total. The average molecular weight is 350 g/mol. The third-order valence-electron chi connectivity index (χ3n) is 3.89. The zero-order valence-corrected chi connectivity index (χ0v) is 15.3. The highest BCUT2D eigenvalue weighted by Gasteiger charge is 2.33. The van der Waals surface area contributed by atoms with Gasteiger partial charge >= 0.3 is 5.97 Å². The molecule has 0 aliphatic carbocycles. The number of amidine groups is 1. The summed E-state index contributed by atoms with van der Waals surface area (Å²) in [5, 5.41) is 10.6. The van der Waals surface area contributed by atoms with Crippen molar-refractivity contribution < 1.29 is 19.4 Å². The summed E-state index contributed by atoms with van der Waals surface area (Å²) in [4.78, 5) is 19.1. The fraction of sp³-hybridized carbons (Fsp3) is 0.412. The van der Waals surface area contributed by atoms with Gasteiger partial charge in [-0.15, -0.1) is 0 Å². The summed E-state index contributed by atoms with van der Waals surface area (Å²) in [7, 11) is 3.36. The van der Waals surface area contributed by atoms with Gasteiger partial charge in [0.1, 0.15) is 6.04 Å². The van der Waals surface area contributed by atoms with Crippen molar-refractivity contribution in [2.24, 2.45) is 4.99 Å². The maximum Gasteiger partial charge on any atom is 0.338 e. The normalized spacial score (nSPS) is 17.6. The largest absolute Gasteiger partial charge is 0.504 e. The van der Waals surface area contributed by atoms with Gasteiger partial charge < -0.3 is 19.5 Å². The maximum absolute atomic E-state index is 12.5. The first-order chi connectivity index (χ1) is 11.4. The predicted octanol–water partition coefficient (Wildman–Crippen LogP) is 2.94. The summed E-state index contributed by atoms with van der Waals surface area (Å²) in [6.07, 6.45) is 1.94. The van der Waals surface area contributed by atoms with Crippen LogP contribution in [0.5, 0.6) is 11.5 Å². The van der Waals surface area contributed by atoms with Gasteiger partial charge in [0.25, 0.3) is 0 Å². The standard InChI is InChI=1S/C17H22N2O4S/c1-6-23-16(21)14-10(2)19(3)17(24-5)18-15(14)11-7-8-12(20)13(9-11)22-4/h7-9,15,20H,6H2,1-5H3/t15-/m0/s1. The maximum atomic E-state index is 12.5. The number of esters is 1. The number of carbonyl (C=O) groups excluding carboxylic acids is 1. The molecule has 130 valence electrons. The number of aliphatic imine (C=N–C) groups is 1. The summed E-state index contributed by atoms with van der Waals surface area (Å²) in [6, 6.07) is 4.47. The van der Waals surface area contributed by atoms with Crippen LogP contribution in [-0.4, -0.2) is 48.2 Å². The smallest absolute Gasteiger partial charge is 0.338 e. The summed E-state index contributed by atoms with van der Waals surface area (Å²) >= 11 is 1.51. The van der Waals surface area contributed by atoms with Crippen LogP contribution >= 0.6 is 11.8 Å². The molecule has 0 bridgehead atoms. The van der Waals surface area contributed by atoms with Gasteiger partial charge in [-0.2, -0.15) is 0 Å². The molecular weight excluding hydrogens is 328 g/mol.